The summed E-state index contributed by atoms with van der Waals surface area (Å²) in [6.45, 7) is 12.6. The molecular formula is C36H50. The minimum atomic E-state index is 0. The molecular weight excluding hydrogens is 432 g/mol. The van der Waals surface area contributed by atoms with E-state index in [4.69, 9.17) is 0 Å². The van der Waals surface area contributed by atoms with E-state index in [1.54, 1.807) is 0 Å². The van der Waals surface area contributed by atoms with Crippen LogP contribution in [0.2, 0.25) is 0 Å². The fourth-order valence-corrected chi connectivity index (χ4v) is 4.94. The van der Waals surface area contributed by atoms with Crippen LogP contribution in [0.4, 0.5) is 0 Å². The Hall–Kier alpha value is -3.12. The molecule has 0 aromatic heterocycles. The summed E-state index contributed by atoms with van der Waals surface area (Å²) >= 11 is 0. The quantitative estimate of drug-likeness (QED) is 0.202. The molecule has 0 radical (unpaired) electrons. The van der Waals surface area contributed by atoms with Crippen molar-refractivity contribution in [2.75, 3.05) is 0 Å². The van der Waals surface area contributed by atoms with Gasteiger partial charge in [0.05, 0.1) is 0 Å². The van der Waals surface area contributed by atoms with Gasteiger partial charge in [-0.05, 0) is 85.0 Å². The smallest absolute Gasteiger partial charge is 0.00133 e. The Balaban J connectivity index is 0.000000577. The van der Waals surface area contributed by atoms with Crippen molar-refractivity contribution in [1.29, 1.82) is 0 Å². The summed E-state index contributed by atoms with van der Waals surface area (Å²) in [4.78, 5) is 0. The molecule has 0 atom stereocenters. The summed E-state index contributed by atoms with van der Waals surface area (Å²) in [6.07, 6.45) is 2.21. The highest BCUT2D eigenvalue weighted by Crippen LogP contribution is 2.38. The molecule has 0 fully saturated rings. The maximum absolute atomic E-state index is 2.31. The molecule has 0 N–H and O–H groups in total. The first-order chi connectivity index (χ1) is 15.5. The van der Waals surface area contributed by atoms with Gasteiger partial charge in [0.2, 0.25) is 0 Å². The standard InChI is InChI=1S/2C15H14.C2H6.4CH4/c2*1-10-3-5-14-12(7-10)9-13-8-11(2)4-6-15(13)14;1-2;;;;/h2*3-8H,9H2,1-2H3;1-2H3;4*1H4. The van der Waals surface area contributed by atoms with Gasteiger partial charge in [-0.3, -0.25) is 0 Å². The molecule has 0 nitrogen and oxygen atoms in total. The highest BCUT2D eigenvalue weighted by Gasteiger charge is 2.18. The van der Waals surface area contributed by atoms with Gasteiger partial charge in [0.25, 0.3) is 0 Å². The van der Waals surface area contributed by atoms with Crippen molar-refractivity contribution in [3.05, 3.63) is 117 Å². The maximum Gasteiger partial charge on any atom is -0.00133 e. The molecule has 0 saturated carbocycles. The van der Waals surface area contributed by atoms with Crippen molar-refractivity contribution in [2.24, 2.45) is 0 Å². The van der Waals surface area contributed by atoms with Crippen molar-refractivity contribution in [2.45, 2.75) is 84.1 Å². The van der Waals surface area contributed by atoms with Gasteiger partial charge < -0.3 is 0 Å². The molecule has 0 unspecified atom stereocenters. The number of aryl methyl sites for hydroxylation is 4. The predicted octanol–water partition coefficient (Wildman–Crippen LogP) is 11.3. The van der Waals surface area contributed by atoms with Crippen LogP contribution >= 0.6 is 0 Å². The summed E-state index contributed by atoms with van der Waals surface area (Å²) in [7, 11) is 0. The van der Waals surface area contributed by atoms with Crippen molar-refractivity contribution in [1.82, 2.24) is 0 Å². The Morgan fingerprint density at radius 3 is 0.750 bits per heavy atom. The van der Waals surface area contributed by atoms with E-state index in [0.29, 0.717) is 0 Å². The molecule has 0 aliphatic heterocycles. The fourth-order valence-electron chi connectivity index (χ4n) is 4.94. The molecule has 194 valence electrons. The van der Waals surface area contributed by atoms with Gasteiger partial charge in [-0.2, -0.15) is 0 Å². The van der Waals surface area contributed by atoms with E-state index in [-0.39, 0.29) is 29.7 Å². The summed E-state index contributed by atoms with van der Waals surface area (Å²) in [5.41, 5.74) is 17.1. The van der Waals surface area contributed by atoms with E-state index in [1.807, 2.05) is 13.8 Å². The molecule has 0 heteroatoms. The second kappa shape index (κ2) is 13.8. The van der Waals surface area contributed by atoms with E-state index in [2.05, 4.69) is 100 Å². The zero-order chi connectivity index (χ0) is 22.8. The first-order valence-corrected chi connectivity index (χ1v) is 11.9. The lowest BCUT2D eigenvalue weighted by molar-refractivity contribution is 1.24. The average molecular weight is 483 g/mol. The van der Waals surface area contributed by atoms with Crippen molar-refractivity contribution < 1.29 is 0 Å². The molecule has 4 aromatic carbocycles. The lowest BCUT2D eigenvalue weighted by Crippen LogP contribution is -1.81. The van der Waals surface area contributed by atoms with Gasteiger partial charge in [0, 0.05) is 0 Å². The number of fused-ring (bicyclic) bond motifs is 6. The molecule has 0 bridgehead atoms. The van der Waals surface area contributed by atoms with Crippen LogP contribution in [0.15, 0.2) is 72.8 Å². The molecule has 6 rings (SSSR count). The van der Waals surface area contributed by atoms with Crippen LogP contribution in [0, 0.1) is 27.7 Å². The van der Waals surface area contributed by atoms with E-state index in [9.17, 15) is 0 Å². The van der Waals surface area contributed by atoms with Gasteiger partial charge in [0.15, 0.2) is 0 Å². The maximum atomic E-state index is 2.31. The highest BCUT2D eigenvalue weighted by molar-refractivity contribution is 5.78. The lowest BCUT2D eigenvalue weighted by Gasteiger charge is -2.01. The minimum absolute atomic E-state index is 0. The number of rotatable bonds is 0. The van der Waals surface area contributed by atoms with Crippen LogP contribution in [0.5, 0.6) is 0 Å². The normalized spacial score (nSPS) is 10.5. The van der Waals surface area contributed by atoms with Crippen LogP contribution in [-0.4, -0.2) is 0 Å². The second-order valence-corrected chi connectivity index (χ2v) is 9.00. The Morgan fingerprint density at radius 1 is 0.361 bits per heavy atom. The summed E-state index contributed by atoms with van der Waals surface area (Å²) in [5, 5.41) is 0. The molecule has 2 aliphatic rings. The third kappa shape index (κ3) is 6.55. The summed E-state index contributed by atoms with van der Waals surface area (Å²) < 4.78 is 0. The largest absolute Gasteiger partial charge is 0.0776 e. The zero-order valence-corrected chi connectivity index (χ0v) is 20.3. The molecule has 2 aliphatic carbocycles. The third-order valence-corrected chi connectivity index (χ3v) is 6.39. The first kappa shape index (κ1) is 32.9. The van der Waals surface area contributed by atoms with E-state index in [0.717, 1.165) is 12.8 Å². The molecule has 4 aromatic rings. The van der Waals surface area contributed by atoms with E-state index < -0.39 is 0 Å². The predicted molar refractivity (Wildman–Crippen MR) is 167 cm³/mol. The van der Waals surface area contributed by atoms with Gasteiger partial charge in [-0.25, -0.2) is 0 Å². The van der Waals surface area contributed by atoms with Gasteiger partial charge in [0.1, 0.15) is 0 Å². The number of hydrogen-bond donors (Lipinski definition) is 0. The SMILES string of the molecule is C.C.C.C.CC.Cc1ccc2c(c1)Cc1cc(C)ccc1-2.Cc1ccc2c(c1)Cc1cc(C)ccc1-2. The summed E-state index contributed by atoms with van der Waals surface area (Å²) in [6, 6.07) is 27.1. The minimum Gasteiger partial charge on any atom is -0.0776 e. The lowest BCUT2D eigenvalue weighted by atomic mass is 10.0. The Labute approximate surface area is 223 Å². The van der Waals surface area contributed by atoms with Crippen molar-refractivity contribution >= 4 is 0 Å². The Morgan fingerprint density at radius 2 is 0.556 bits per heavy atom. The zero-order valence-electron chi connectivity index (χ0n) is 20.3. The topological polar surface area (TPSA) is 0 Å². The van der Waals surface area contributed by atoms with Crippen molar-refractivity contribution in [3.63, 3.8) is 0 Å². The monoisotopic (exact) mass is 482 g/mol. The van der Waals surface area contributed by atoms with Crippen LogP contribution in [0.25, 0.3) is 22.3 Å². The average Bonchev–Trinajstić information content (AvgIpc) is 3.30. The van der Waals surface area contributed by atoms with Crippen LogP contribution in [0.3, 0.4) is 0 Å². The van der Waals surface area contributed by atoms with Crippen LogP contribution in [0.1, 0.15) is 88.1 Å². The molecule has 0 heterocycles. The molecule has 0 spiro atoms. The van der Waals surface area contributed by atoms with Crippen molar-refractivity contribution in [3.8, 4) is 22.3 Å². The molecule has 36 heavy (non-hydrogen) atoms. The third-order valence-electron chi connectivity index (χ3n) is 6.39. The van der Waals surface area contributed by atoms with E-state index >= 15 is 0 Å². The Bertz CT molecular complexity index is 1070. The number of benzene rings is 4. The van der Waals surface area contributed by atoms with E-state index in [1.165, 1.54) is 66.8 Å². The van der Waals surface area contributed by atoms with Crippen LogP contribution < -0.4 is 0 Å². The Kier molecular flexibility index (Phi) is 12.6. The molecule has 0 amide bonds. The summed E-state index contributed by atoms with van der Waals surface area (Å²) in [5.74, 6) is 0. The molecule has 0 saturated heterocycles. The van der Waals surface area contributed by atoms with Crippen LogP contribution in [-0.2, 0) is 12.8 Å². The number of hydrogen-bond acceptors (Lipinski definition) is 0. The van der Waals surface area contributed by atoms with Gasteiger partial charge in [-0.15, -0.1) is 0 Å². The fraction of sp³-hybridized carbons (Fsp3) is 0.333. The first-order valence-electron chi connectivity index (χ1n) is 11.9. The van der Waals surface area contributed by atoms with Gasteiger partial charge >= 0.3 is 0 Å². The van der Waals surface area contributed by atoms with Gasteiger partial charge in [-0.1, -0.05) is 139 Å². The highest BCUT2D eigenvalue weighted by atomic mass is 14.2. The second-order valence-electron chi connectivity index (χ2n) is 9.00.